The third kappa shape index (κ3) is 3.68. The number of rotatable bonds is 5. The van der Waals surface area contributed by atoms with Crippen LogP contribution < -0.4 is 0 Å². The van der Waals surface area contributed by atoms with Crippen molar-refractivity contribution in [2.75, 3.05) is 13.1 Å². The van der Waals surface area contributed by atoms with Crippen molar-refractivity contribution in [2.24, 2.45) is 0 Å². The Kier molecular flexibility index (Phi) is 5.36. The van der Waals surface area contributed by atoms with E-state index >= 15 is 0 Å². The summed E-state index contributed by atoms with van der Waals surface area (Å²) in [6, 6.07) is 12.1. The Morgan fingerprint density at radius 1 is 1.12 bits per heavy atom. The van der Waals surface area contributed by atoms with Crippen LogP contribution in [0.3, 0.4) is 0 Å². The largest absolute Gasteiger partial charge is 0.465 e. The number of hydrogen-bond donors (Lipinski definition) is 2. The second kappa shape index (κ2) is 7.35. The number of likely N-dealkylation sites (N-methyl/N-ethyl adjacent to an activating group) is 1. The minimum absolute atomic E-state index is 0.0834. The summed E-state index contributed by atoms with van der Waals surface area (Å²) in [7, 11) is 0. The molecule has 0 aliphatic heterocycles. The van der Waals surface area contributed by atoms with Crippen molar-refractivity contribution >= 4 is 59.8 Å². The Labute approximate surface area is 162 Å². The average molecular weight is 470 g/mol. The molecule has 3 rings (SSSR count). The molecule has 1 atom stereocenters. The fraction of sp³-hybridized carbons (Fsp3) is 0.278. The van der Waals surface area contributed by atoms with Gasteiger partial charge in [0, 0.05) is 37.3 Å². The fourth-order valence-corrected chi connectivity index (χ4v) is 3.83. The van der Waals surface area contributed by atoms with Gasteiger partial charge in [0.15, 0.2) is 0 Å². The van der Waals surface area contributed by atoms with Crippen LogP contribution in [-0.4, -0.2) is 45.0 Å². The molecule has 5 nitrogen and oxygen atoms in total. The van der Waals surface area contributed by atoms with Gasteiger partial charge < -0.3 is 19.7 Å². The standard InChI is InChI=1S/C18H18Br2N2O3/c1-2-21(18(24)25)9-13(23)10-22-16-5-3-11(19)7-14(16)15-8-12(20)4-6-17(15)22/h3-8,13,23H,2,9-10H2,1H3,(H,24,25). The maximum atomic E-state index is 11.2. The first-order chi connectivity index (χ1) is 11.9. The lowest BCUT2D eigenvalue weighted by Crippen LogP contribution is -2.38. The summed E-state index contributed by atoms with van der Waals surface area (Å²) in [5.74, 6) is 0. The first-order valence-electron chi connectivity index (χ1n) is 7.93. The third-order valence-electron chi connectivity index (χ3n) is 4.27. The molecule has 132 valence electrons. The van der Waals surface area contributed by atoms with Crippen LogP contribution in [0.25, 0.3) is 21.8 Å². The molecule has 3 aromatic rings. The highest BCUT2D eigenvalue weighted by atomic mass is 79.9. The Hall–Kier alpha value is -1.57. The van der Waals surface area contributed by atoms with Gasteiger partial charge in [0.2, 0.25) is 0 Å². The summed E-state index contributed by atoms with van der Waals surface area (Å²) < 4.78 is 4.02. The maximum Gasteiger partial charge on any atom is 0.407 e. The van der Waals surface area contributed by atoms with Gasteiger partial charge in [-0.2, -0.15) is 0 Å². The number of aliphatic hydroxyl groups is 1. The lowest BCUT2D eigenvalue weighted by molar-refractivity contribution is 0.0909. The van der Waals surface area contributed by atoms with Gasteiger partial charge in [-0.15, -0.1) is 0 Å². The van der Waals surface area contributed by atoms with E-state index in [0.717, 1.165) is 30.8 Å². The molecule has 0 aliphatic rings. The molecule has 0 aliphatic carbocycles. The van der Waals surface area contributed by atoms with Crippen molar-refractivity contribution in [2.45, 2.75) is 19.6 Å². The van der Waals surface area contributed by atoms with Crippen LogP contribution in [0.2, 0.25) is 0 Å². The van der Waals surface area contributed by atoms with Gasteiger partial charge in [0.25, 0.3) is 0 Å². The van der Waals surface area contributed by atoms with Crippen LogP contribution in [0.15, 0.2) is 45.3 Å². The van der Waals surface area contributed by atoms with Crippen molar-refractivity contribution in [3.63, 3.8) is 0 Å². The van der Waals surface area contributed by atoms with Gasteiger partial charge in [0.1, 0.15) is 0 Å². The lowest BCUT2D eigenvalue weighted by atomic mass is 10.2. The highest BCUT2D eigenvalue weighted by Gasteiger charge is 2.18. The number of carbonyl (C=O) groups is 1. The van der Waals surface area contributed by atoms with Gasteiger partial charge in [-0.05, 0) is 43.3 Å². The minimum atomic E-state index is -1.02. The van der Waals surface area contributed by atoms with Crippen LogP contribution in [0.1, 0.15) is 6.92 Å². The molecule has 2 aromatic carbocycles. The van der Waals surface area contributed by atoms with Crippen molar-refractivity contribution in [1.82, 2.24) is 9.47 Å². The van der Waals surface area contributed by atoms with Gasteiger partial charge in [0.05, 0.1) is 19.2 Å². The van der Waals surface area contributed by atoms with Crippen molar-refractivity contribution in [3.8, 4) is 0 Å². The number of aliphatic hydroxyl groups excluding tert-OH is 1. The summed E-state index contributed by atoms with van der Waals surface area (Å²) in [6.07, 6.45) is -1.81. The van der Waals surface area contributed by atoms with Crippen LogP contribution >= 0.6 is 31.9 Å². The molecule has 2 N–H and O–H groups in total. The number of amides is 1. The van der Waals surface area contributed by atoms with Gasteiger partial charge >= 0.3 is 6.09 Å². The summed E-state index contributed by atoms with van der Waals surface area (Å²) in [4.78, 5) is 12.4. The summed E-state index contributed by atoms with van der Waals surface area (Å²) in [5.41, 5.74) is 2.02. The van der Waals surface area contributed by atoms with Crippen molar-refractivity contribution in [1.29, 1.82) is 0 Å². The quantitative estimate of drug-likeness (QED) is 0.570. The maximum absolute atomic E-state index is 11.2. The van der Waals surface area contributed by atoms with E-state index in [2.05, 4.69) is 44.0 Å². The zero-order chi connectivity index (χ0) is 18.1. The van der Waals surface area contributed by atoms with E-state index in [4.69, 9.17) is 5.11 Å². The van der Waals surface area contributed by atoms with Crippen LogP contribution in [0.5, 0.6) is 0 Å². The van der Waals surface area contributed by atoms with E-state index in [1.165, 1.54) is 4.90 Å². The second-order valence-electron chi connectivity index (χ2n) is 5.91. The van der Waals surface area contributed by atoms with Gasteiger partial charge in [-0.1, -0.05) is 31.9 Å². The smallest absolute Gasteiger partial charge is 0.407 e. The number of benzene rings is 2. The molecule has 1 heterocycles. The molecule has 0 saturated carbocycles. The molecule has 1 amide bonds. The monoisotopic (exact) mass is 468 g/mol. The molecule has 0 spiro atoms. The zero-order valence-electron chi connectivity index (χ0n) is 13.6. The van der Waals surface area contributed by atoms with E-state index in [1.807, 2.05) is 28.8 Å². The molecule has 0 radical (unpaired) electrons. The number of aromatic nitrogens is 1. The van der Waals surface area contributed by atoms with Gasteiger partial charge in [-0.25, -0.2) is 4.79 Å². The Balaban J connectivity index is 2.04. The number of hydrogen-bond acceptors (Lipinski definition) is 2. The third-order valence-corrected chi connectivity index (χ3v) is 5.25. The predicted molar refractivity (Wildman–Crippen MR) is 106 cm³/mol. The van der Waals surface area contributed by atoms with Crippen molar-refractivity contribution < 1.29 is 15.0 Å². The van der Waals surface area contributed by atoms with Gasteiger partial charge in [-0.3, -0.25) is 0 Å². The SMILES string of the molecule is CCN(CC(O)Cn1c2ccc(Br)cc2c2cc(Br)ccc21)C(=O)O. The summed E-state index contributed by atoms with van der Waals surface area (Å²) in [6.45, 7) is 2.52. The summed E-state index contributed by atoms with van der Waals surface area (Å²) >= 11 is 7.03. The van der Waals surface area contributed by atoms with Crippen LogP contribution in [-0.2, 0) is 6.54 Å². The molecule has 1 aromatic heterocycles. The van der Waals surface area contributed by atoms with E-state index in [1.54, 1.807) is 6.92 Å². The lowest BCUT2D eigenvalue weighted by Gasteiger charge is -2.21. The highest BCUT2D eigenvalue weighted by molar-refractivity contribution is 9.10. The molecule has 0 bridgehead atoms. The number of carboxylic acid groups (broad SMARTS) is 1. The van der Waals surface area contributed by atoms with Crippen LogP contribution in [0, 0.1) is 0 Å². The molecular formula is C18H18Br2N2O3. The number of nitrogens with zero attached hydrogens (tertiary/aromatic N) is 2. The van der Waals surface area contributed by atoms with E-state index in [0.29, 0.717) is 13.1 Å². The molecule has 0 fully saturated rings. The first kappa shape index (κ1) is 18.2. The minimum Gasteiger partial charge on any atom is -0.465 e. The molecule has 7 heteroatoms. The zero-order valence-corrected chi connectivity index (χ0v) is 16.8. The molecule has 1 unspecified atom stereocenters. The molecule has 0 saturated heterocycles. The Morgan fingerprint density at radius 2 is 1.64 bits per heavy atom. The number of halogens is 2. The molecule has 25 heavy (non-hydrogen) atoms. The van der Waals surface area contributed by atoms with E-state index in [9.17, 15) is 9.90 Å². The normalized spacial score (nSPS) is 12.6. The van der Waals surface area contributed by atoms with Crippen molar-refractivity contribution in [3.05, 3.63) is 45.3 Å². The topological polar surface area (TPSA) is 65.7 Å². The predicted octanol–water partition coefficient (Wildman–Crippen LogP) is 4.68. The van der Waals surface area contributed by atoms with Crippen LogP contribution in [0.4, 0.5) is 4.79 Å². The number of fused-ring (bicyclic) bond motifs is 3. The summed E-state index contributed by atoms with van der Waals surface area (Å²) in [5, 5.41) is 21.8. The van der Waals surface area contributed by atoms with E-state index < -0.39 is 12.2 Å². The van der Waals surface area contributed by atoms with E-state index in [-0.39, 0.29) is 6.54 Å². The fourth-order valence-electron chi connectivity index (χ4n) is 3.11. The second-order valence-corrected chi connectivity index (χ2v) is 7.74. The Bertz CT molecular complexity index is 880. The Morgan fingerprint density at radius 3 is 2.08 bits per heavy atom. The average Bonchev–Trinajstić information content (AvgIpc) is 2.85. The first-order valence-corrected chi connectivity index (χ1v) is 9.52. The highest BCUT2D eigenvalue weighted by Crippen LogP contribution is 2.33. The molecular weight excluding hydrogens is 452 g/mol.